The lowest BCUT2D eigenvalue weighted by molar-refractivity contribution is -0.122. The lowest BCUT2D eigenvalue weighted by Gasteiger charge is -2.20. The van der Waals surface area contributed by atoms with Gasteiger partial charge in [0.05, 0.1) is 25.8 Å². The van der Waals surface area contributed by atoms with Gasteiger partial charge < -0.3 is 19.7 Å². The van der Waals surface area contributed by atoms with E-state index in [2.05, 4.69) is 5.32 Å². The number of methoxy groups -OCH3 is 2. The predicted octanol–water partition coefficient (Wildman–Crippen LogP) is 3.14. The van der Waals surface area contributed by atoms with E-state index in [0.29, 0.717) is 28.4 Å². The van der Waals surface area contributed by atoms with Crippen LogP contribution in [0.4, 0.5) is 15.8 Å². The number of amides is 2. The zero-order valence-corrected chi connectivity index (χ0v) is 15.4. The molecule has 0 saturated carbocycles. The molecular formula is C20H21FN2O4. The molecule has 3 rings (SSSR count). The van der Waals surface area contributed by atoms with Gasteiger partial charge >= 0.3 is 0 Å². The van der Waals surface area contributed by atoms with E-state index in [1.54, 1.807) is 37.3 Å². The van der Waals surface area contributed by atoms with Crippen molar-refractivity contribution in [3.63, 3.8) is 0 Å². The Morgan fingerprint density at radius 1 is 1.19 bits per heavy atom. The lowest BCUT2D eigenvalue weighted by atomic mass is 10.1. The first-order chi connectivity index (χ1) is 12.9. The van der Waals surface area contributed by atoms with E-state index in [1.165, 1.54) is 25.2 Å². The van der Waals surface area contributed by atoms with Gasteiger partial charge in [0.15, 0.2) is 0 Å². The molecule has 27 heavy (non-hydrogen) atoms. The molecular weight excluding hydrogens is 351 g/mol. The van der Waals surface area contributed by atoms with Crippen molar-refractivity contribution >= 4 is 23.2 Å². The van der Waals surface area contributed by atoms with Crippen molar-refractivity contribution in [1.82, 2.24) is 0 Å². The maximum atomic E-state index is 13.7. The van der Waals surface area contributed by atoms with Gasteiger partial charge in [-0.2, -0.15) is 0 Å². The van der Waals surface area contributed by atoms with E-state index >= 15 is 0 Å². The third-order valence-corrected chi connectivity index (χ3v) is 4.61. The highest BCUT2D eigenvalue weighted by atomic mass is 19.1. The Morgan fingerprint density at radius 3 is 2.63 bits per heavy atom. The van der Waals surface area contributed by atoms with Crippen LogP contribution in [0.2, 0.25) is 0 Å². The van der Waals surface area contributed by atoms with Gasteiger partial charge in [-0.1, -0.05) is 6.07 Å². The summed E-state index contributed by atoms with van der Waals surface area (Å²) in [5.74, 6) is -0.337. The Bertz CT molecular complexity index is 884. The second-order valence-corrected chi connectivity index (χ2v) is 6.40. The fourth-order valence-electron chi connectivity index (χ4n) is 3.04. The average molecular weight is 372 g/mol. The van der Waals surface area contributed by atoms with Gasteiger partial charge in [0.25, 0.3) is 0 Å². The van der Waals surface area contributed by atoms with Crippen LogP contribution < -0.4 is 19.7 Å². The molecule has 0 spiro atoms. The smallest absolute Gasteiger partial charge is 0.229 e. The fourth-order valence-corrected chi connectivity index (χ4v) is 3.04. The normalized spacial score (nSPS) is 16.4. The van der Waals surface area contributed by atoms with Crippen LogP contribution in [0.5, 0.6) is 11.5 Å². The van der Waals surface area contributed by atoms with Crippen LogP contribution in [0.3, 0.4) is 0 Å². The van der Waals surface area contributed by atoms with Gasteiger partial charge in [-0.25, -0.2) is 4.39 Å². The number of benzene rings is 2. The number of ether oxygens (including phenoxy) is 2. The largest absolute Gasteiger partial charge is 0.497 e. The number of aryl methyl sites for hydroxylation is 1. The molecule has 0 bridgehead atoms. The summed E-state index contributed by atoms with van der Waals surface area (Å²) in [7, 11) is 3.05. The van der Waals surface area contributed by atoms with E-state index in [9.17, 15) is 14.0 Å². The van der Waals surface area contributed by atoms with Crippen molar-refractivity contribution in [2.45, 2.75) is 13.3 Å². The van der Waals surface area contributed by atoms with Crippen LogP contribution in [0, 0.1) is 18.7 Å². The SMILES string of the molecule is COc1ccc(OC)c(N2CC(C(=O)Nc3ccc(C)c(F)c3)CC2=O)c1. The molecule has 0 aliphatic carbocycles. The number of nitrogens with zero attached hydrogens (tertiary/aromatic N) is 1. The first kappa shape index (κ1) is 18.7. The zero-order valence-electron chi connectivity index (χ0n) is 15.4. The molecule has 1 unspecified atom stereocenters. The maximum absolute atomic E-state index is 13.7. The first-order valence-corrected chi connectivity index (χ1v) is 8.52. The predicted molar refractivity (Wildman–Crippen MR) is 99.8 cm³/mol. The molecule has 1 atom stereocenters. The molecule has 1 aliphatic rings. The molecule has 1 N–H and O–H groups in total. The Labute approximate surface area is 156 Å². The summed E-state index contributed by atoms with van der Waals surface area (Å²) in [5.41, 5.74) is 1.42. The highest BCUT2D eigenvalue weighted by molar-refractivity contribution is 6.04. The molecule has 6 nitrogen and oxygen atoms in total. The molecule has 1 saturated heterocycles. The summed E-state index contributed by atoms with van der Waals surface area (Å²) >= 11 is 0. The van der Waals surface area contributed by atoms with Gasteiger partial charge in [0.2, 0.25) is 11.8 Å². The first-order valence-electron chi connectivity index (χ1n) is 8.52. The minimum atomic E-state index is -0.544. The Balaban J connectivity index is 1.77. The number of nitrogens with one attached hydrogen (secondary N) is 1. The number of hydrogen-bond acceptors (Lipinski definition) is 4. The van der Waals surface area contributed by atoms with Gasteiger partial charge in [-0.3, -0.25) is 9.59 Å². The van der Waals surface area contributed by atoms with Crippen molar-refractivity contribution in [2.24, 2.45) is 5.92 Å². The third kappa shape index (κ3) is 3.86. The second kappa shape index (κ2) is 7.65. The Morgan fingerprint density at radius 2 is 1.96 bits per heavy atom. The second-order valence-electron chi connectivity index (χ2n) is 6.40. The molecule has 1 heterocycles. The number of halogens is 1. The molecule has 1 aliphatic heterocycles. The van der Waals surface area contributed by atoms with Gasteiger partial charge in [-0.05, 0) is 36.8 Å². The van der Waals surface area contributed by atoms with Crippen molar-refractivity contribution < 1.29 is 23.5 Å². The van der Waals surface area contributed by atoms with Gasteiger partial charge in [-0.15, -0.1) is 0 Å². The number of hydrogen-bond donors (Lipinski definition) is 1. The third-order valence-electron chi connectivity index (χ3n) is 4.61. The van der Waals surface area contributed by atoms with Crippen LogP contribution in [-0.2, 0) is 9.59 Å². The van der Waals surface area contributed by atoms with E-state index in [4.69, 9.17) is 9.47 Å². The lowest BCUT2D eigenvalue weighted by Crippen LogP contribution is -2.28. The van der Waals surface area contributed by atoms with Crippen molar-refractivity contribution in [1.29, 1.82) is 0 Å². The van der Waals surface area contributed by atoms with E-state index in [0.717, 1.165) is 0 Å². The molecule has 7 heteroatoms. The molecule has 2 amide bonds. The molecule has 142 valence electrons. The standard InChI is InChI=1S/C20H21FN2O4/c1-12-4-5-14(9-16(12)21)22-20(25)13-8-19(24)23(11-13)17-10-15(26-2)6-7-18(17)27-3/h4-7,9-10,13H,8,11H2,1-3H3,(H,22,25). The van der Waals surface area contributed by atoms with Gasteiger partial charge in [0, 0.05) is 24.7 Å². The van der Waals surface area contributed by atoms with E-state index in [1.807, 2.05) is 0 Å². The van der Waals surface area contributed by atoms with Crippen molar-refractivity contribution in [3.8, 4) is 11.5 Å². The monoisotopic (exact) mass is 372 g/mol. The van der Waals surface area contributed by atoms with Crippen LogP contribution in [0.1, 0.15) is 12.0 Å². The highest BCUT2D eigenvalue weighted by Crippen LogP contribution is 2.36. The summed E-state index contributed by atoms with van der Waals surface area (Å²) in [6.07, 6.45) is 0.0700. The minimum absolute atomic E-state index is 0.0700. The van der Waals surface area contributed by atoms with E-state index in [-0.39, 0.29) is 24.8 Å². The molecule has 2 aromatic carbocycles. The van der Waals surface area contributed by atoms with Crippen LogP contribution in [0.25, 0.3) is 0 Å². The fraction of sp³-hybridized carbons (Fsp3) is 0.300. The zero-order chi connectivity index (χ0) is 19.6. The number of carbonyl (C=O) groups excluding carboxylic acids is 2. The molecule has 2 aromatic rings. The molecule has 0 aromatic heterocycles. The van der Waals surface area contributed by atoms with Crippen LogP contribution in [-0.4, -0.2) is 32.6 Å². The minimum Gasteiger partial charge on any atom is -0.497 e. The number of carbonyl (C=O) groups is 2. The Kier molecular flexibility index (Phi) is 5.30. The molecule has 1 fully saturated rings. The summed E-state index contributed by atoms with van der Waals surface area (Å²) in [4.78, 5) is 26.6. The summed E-state index contributed by atoms with van der Waals surface area (Å²) in [6.45, 7) is 1.86. The average Bonchev–Trinajstić information content (AvgIpc) is 3.06. The van der Waals surface area contributed by atoms with Crippen molar-refractivity contribution in [2.75, 3.05) is 31.0 Å². The Hall–Kier alpha value is -3.09. The quantitative estimate of drug-likeness (QED) is 0.876. The summed E-state index contributed by atoms with van der Waals surface area (Å²) < 4.78 is 24.2. The molecule has 0 radical (unpaired) electrons. The van der Waals surface area contributed by atoms with Crippen LogP contribution >= 0.6 is 0 Å². The van der Waals surface area contributed by atoms with Crippen LogP contribution in [0.15, 0.2) is 36.4 Å². The summed E-state index contributed by atoms with van der Waals surface area (Å²) in [6, 6.07) is 9.65. The topological polar surface area (TPSA) is 67.9 Å². The van der Waals surface area contributed by atoms with Gasteiger partial charge in [0.1, 0.15) is 17.3 Å². The van der Waals surface area contributed by atoms with Crippen molar-refractivity contribution in [3.05, 3.63) is 47.8 Å². The van der Waals surface area contributed by atoms with E-state index < -0.39 is 11.7 Å². The highest BCUT2D eigenvalue weighted by Gasteiger charge is 2.36. The number of rotatable bonds is 5. The summed E-state index contributed by atoms with van der Waals surface area (Å²) in [5, 5.41) is 2.68. The number of anilines is 2. The maximum Gasteiger partial charge on any atom is 0.229 e.